The molecule has 594 valence electrons. The Morgan fingerprint density at radius 3 is 0.680 bits per heavy atom. The van der Waals surface area contributed by atoms with Crippen LogP contribution in [0, 0.1) is 17.8 Å². The van der Waals surface area contributed by atoms with Gasteiger partial charge in [-0.2, -0.15) is 0 Å². The highest BCUT2D eigenvalue weighted by atomic mass is 31.2. The van der Waals surface area contributed by atoms with Crippen LogP contribution in [0.25, 0.3) is 0 Å². The molecule has 0 saturated heterocycles. The van der Waals surface area contributed by atoms with E-state index in [0.29, 0.717) is 25.7 Å². The van der Waals surface area contributed by atoms with E-state index in [9.17, 15) is 43.2 Å². The fourth-order valence-electron chi connectivity index (χ4n) is 12.5. The first-order valence-corrected chi connectivity index (χ1v) is 44.8. The van der Waals surface area contributed by atoms with Crippen LogP contribution >= 0.6 is 15.6 Å². The standard InChI is InChI=1S/C81H158O17P2/c1-8-9-10-11-12-13-14-15-16-17-18-19-20-21-24-28-34-43-50-57-64-80(85)97-76(68-91-78(83)62-55-48-41-33-27-25-22-23-26-31-38-45-52-59-72(2)3)70-95-99(87,88)93-66-75(82)67-94-100(89,90)96-71-77(69-92-79(84)63-56-49-42-37-36-40-47-54-61-74(6)7)98-81(86)65-58-51-44-35-30-29-32-39-46-53-60-73(4)5/h72-77,82H,8-71H2,1-7H3,(H,87,88)(H,89,90)/t75-,76-,77-/m1/s1. The fourth-order valence-corrected chi connectivity index (χ4v) is 14.1. The summed E-state index contributed by atoms with van der Waals surface area (Å²) in [7, 11) is -9.92. The number of aliphatic hydroxyl groups is 1. The van der Waals surface area contributed by atoms with Crippen molar-refractivity contribution in [3.05, 3.63) is 0 Å². The second-order valence-electron chi connectivity index (χ2n) is 30.6. The van der Waals surface area contributed by atoms with Crippen molar-refractivity contribution in [2.45, 2.75) is 439 Å². The topological polar surface area (TPSA) is 237 Å². The van der Waals surface area contributed by atoms with Crippen LogP contribution in [0.5, 0.6) is 0 Å². The van der Waals surface area contributed by atoms with E-state index in [1.54, 1.807) is 0 Å². The van der Waals surface area contributed by atoms with E-state index in [2.05, 4.69) is 48.5 Å². The summed E-state index contributed by atoms with van der Waals surface area (Å²) in [5.74, 6) is 0.157. The third-order valence-corrected chi connectivity index (χ3v) is 20.8. The lowest BCUT2D eigenvalue weighted by atomic mass is 10.0. The Morgan fingerprint density at radius 2 is 0.460 bits per heavy atom. The van der Waals surface area contributed by atoms with Crippen molar-refractivity contribution < 1.29 is 80.2 Å². The van der Waals surface area contributed by atoms with Gasteiger partial charge in [0.25, 0.3) is 0 Å². The highest BCUT2D eigenvalue weighted by molar-refractivity contribution is 7.47. The van der Waals surface area contributed by atoms with E-state index in [-0.39, 0.29) is 25.7 Å². The Balaban J connectivity index is 5.24. The number of phosphoric ester groups is 2. The molecule has 17 nitrogen and oxygen atoms in total. The summed E-state index contributed by atoms with van der Waals surface area (Å²) in [4.78, 5) is 73.0. The van der Waals surface area contributed by atoms with Gasteiger partial charge in [-0.05, 0) is 43.4 Å². The number of esters is 4. The highest BCUT2D eigenvalue weighted by Crippen LogP contribution is 2.45. The zero-order chi connectivity index (χ0) is 73.7. The predicted octanol–water partition coefficient (Wildman–Crippen LogP) is 24.1. The molecular formula is C81H158O17P2. The summed E-state index contributed by atoms with van der Waals surface area (Å²) >= 11 is 0. The molecule has 0 heterocycles. The quantitative estimate of drug-likeness (QED) is 0.0222. The van der Waals surface area contributed by atoms with Crippen molar-refractivity contribution in [2.24, 2.45) is 17.8 Å². The largest absolute Gasteiger partial charge is 0.472 e. The van der Waals surface area contributed by atoms with Crippen LogP contribution in [0.15, 0.2) is 0 Å². The molecule has 0 rings (SSSR count). The molecule has 0 aromatic rings. The number of carbonyl (C=O) groups excluding carboxylic acids is 4. The van der Waals surface area contributed by atoms with E-state index in [4.69, 9.17) is 37.0 Å². The summed E-state index contributed by atoms with van der Waals surface area (Å²) in [6, 6.07) is 0. The molecule has 0 aliphatic rings. The van der Waals surface area contributed by atoms with Crippen LogP contribution in [-0.4, -0.2) is 96.7 Å². The fraction of sp³-hybridized carbons (Fsp3) is 0.951. The van der Waals surface area contributed by atoms with Crippen molar-refractivity contribution in [1.82, 2.24) is 0 Å². The molecule has 0 bridgehead atoms. The van der Waals surface area contributed by atoms with Gasteiger partial charge < -0.3 is 33.8 Å². The average Bonchev–Trinajstić information content (AvgIpc) is 0.926. The van der Waals surface area contributed by atoms with Crippen molar-refractivity contribution in [1.29, 1.82) is 0 Å². The molecule has 100 heavy (non-hydrogen) atoms. The lowest BCUT2D eigenvalue weighted by molar-refractivity contribution is -0.161. The monoisotopic (exact) mass is 1470 g/mol. The van der Waals surface area contributed by atoms with E-state index in [1.165, 1.54) is 231 Å². The zero-order valence-corrected chi connectivity index (χ0v) is 67.5. The second kappa shape index (κ2) is 71.3. The van der Waals surface area contributed by atoms with Crippen LogP contribution in [0.3, 0.4) is 0 Å². The SMILES string of the molecule is CCCCCCCCCCCCCCCCCCCCCCC(=O)O[C@H](COC(=O)CCCCCCCCCCCCCCCC(C)C)COP(=O)(O)OC[C@@H](O)COP(=O)(O)OC[C@@H](COC(=O)CCCCCCCCCCC(C)C)OC(=O)CCCCCCCCCCCCC(C)C. The maximum absolute atomic E-state index is 13.1. The number of aliphatic hydroxyl groups excluding tert-OH is 1. The van der Waals surface area contributed by atoms with E-state index < -0.39 is 97.5 Å². The summed E-state index contributed by atoms with van der Waals surface area (Å²) in [6.45, 7) is 11.9. The molecule has 0 spiro atoms. The zero-order valence-electron chi connectivity index (χ0n) is 65.7. The maximum Gasteiger partial charge on any atom is 0.472 e. The van der Waals surface area contributed by atoms with Crippen LogP contribution in [0.1, 0.15) is 421 Å². The lowest BCUT2D eigenvalue weighted by Gasteiger charge is -2.21. The summed E-state index contributed by atoms with van der Waals surface area (Å²) in [5.41, 5.74) is 0. The first-order valence-electron chi connectivity index (χ1n) is 41.8. The average molecular weight is 1470 g/mol. The molecule has 0 radical (unpaired) electrons. The highest BCUT2D eigenvalue weighted by Gasteiger charge is 2.30. The molecule has 5 atom stereocenters. The first-order chi connectivity index (χ1) is 48.2. The van der Waals surface area contributed by atoms with Gasteiger partial charge in [0.05, 0.1) is 26.4 Å². The van der Waals surface area contributed by atoms with Gasteiger partial charge in [0, 0.05) is 25.7 Å². The molecule has 19 heteroatoms. The Hall–Kier alpha value is -1.94. The summed E-state index contributed by atoms with van der Waals surface area (Å²) in [6.07, 6.45) is 59.8. The minimum atomic E-state index is -4.96. The molecule has 0 amide bonds. The van der Waals surface area contributed by atoms with Crippen LogP contribution in [0.2, 0.25) is 0 Å². The molecule has 0 aromatic heterocycles. The van der Waals surface area contributed by atoms with Crippen molar-refractivity contribution in [3.8, 4) is 0 Å². The smallest absolute Gasteiger partial charge is 0.462 e. The lowest BCUT2D eigenvalue weighted by Crippen LogP contribution is -2.30. The van der Waals surface area contributed by atoms with E-state index in [1.807, 2.05) is 0 Å². The Kier molecular flexibility index (Phi) is 69.9. The number of phosphoric acid groups is 2. The number of hydrogen-bond donors (Lipinski definition) is 3. The van der Waals surface area contributed by atoms with Crippen LogP contribution in [0.4, 0.5) is 0 Å². The summed E-state index contributed by atoms with van der Waals surface area (Å²) < 4.78 is 68.7. The molecule has 0 saturated carbocycles. The van der Waals surface area contributed by atoms with E-state index >= 15 is 0 Å². The van der Waals surface area contributed by atoms with Crippen LogP contribution in [-0.2, 0) is 65.4 Å². The maximum atomic E-state index is 13.1. The normalized spacial score (nSPS) is 14.0. The number of unbranched alkanes of at least 4 members (excludes halogenated alkanes) is 47. The minimum absolute atomic E-state index is 0.105. The van der Waals surface area contributed by atoms with Gasteiger partial charge in [-0.25, -0.2) is 9.13 Å². The van der Waals surface area contributed by atoms with Gasteiger partial charge in [0.1, 0.15) is 19.3 Å². The van der Waals surface area contributed by atoms with Crippen molar-refractivity contribution >= 4 is 39.5 Å². The predicted molar refractivity (Wildman–Crippen MR) is 409 cm³/mol. The van der Waals surface area contributed by atoms with Gasteiger partial charge in [0.15, 0.2) is 12.2 Å². The molecule has 0 aliphatic heterocycles. The number of ether oxygens (including phenoxy) is 4. The Labute approximate surface area is 613 Å². The molecule has 0 aromatic carbocycles. The van der Waals surface area contributed by atoms with Crippen molar-refractivity contribution in [2.75, 3.05) is 39.6 Å². The number of carbonyl (C=O) groups is 4. The van der Waals surface area contributed by atoms with Gasteiger partial charge in [0.2, 0.25) is 0 Å². The number of rotatable bonds is 79. The molecule has 0 aliphatic carbocycles. The molecule has 2 unspecified atom stereocenters. The first kappa shape index (κ1) is 98.1. The minimum Gasteiger partial charge on any atom is -0.462 e. The molecule has 0 fully saturated rings. The Bertz CT molecular complexity index is 1940. The van der Waals surface area contributed by atoms with Gasteiger partial charge in [-0.3, -0.25) is 37.3 Å². The van der Waals surface area contributed by atoms with Gasteiger partial charge in [-0.1, -0.05) is 370 Å². The molecular weight excluding hydrogens is 1310 g/mol. The van der Waals surface area contributed by atoms with Crippen molar-refractivity contribution in [3.63, 3.8) is 0 Å². The second-order valence-corrected chi connectivity index (χ2v) is 33.5. The van der Waals surface area contributed by atoms with Gasteiger partial charge >= 0.3 is 39.5 Å². The molecule has 3 N–H and O–H groups in total. The number of hydrogen-bond acceptors (Lipinski definition) is 15. The summed E-state index contributed by atoms with van der Waals surface area (Å²) in [5, 5.41) is 10.6. The third kappa shape index (κ3) is 74.3. The van der Waals surface area contributed by atoms with Crippen LogP contribution < -0.4 is 0 Å². The third-order valence-electron chi connectivity index (χ3n) is 18.9. The van der Waals surface area contributed by atoms with E-state index in [0.717, 1.165) is 108 Å². The Morgan fingerprint density at radius 1 is 0.270 bits per heavy atom. The van der Waals surface area contributed by atoms with Gasteiger partial charge in [-0.15, -0.1) is 0 Å².